The SMILES string of the molecule is CCOC(=O)C1=C(C)N=c2s/c(=C\c3cc(Cl)cc(I)c3OCc3ccccc3)c(=O)n2[C@H]1c1ccccc1Cl. The molecule has 1 aromatic heterocycles. The summed E-state index contributed by atoms with van der Waals surface area (Å²) in [6.45, 7) is 4.02. The highest BCUT2D eigenvalue weighted by molar-refractivity contribution is 14.1. The molecule has 0 aliphatic carbocycles. The summed E-state index contributed by atoms with van der Waals surface area (Å²) in [5.41, 5.74) is 2.72. The van der Waals surface area contributed by atoms with Gasteiger partial charge in [-0.1, -0.05) is 83.1 Å². The predicted octanol–water partition coefficient (Wildman–Crippen LogP) is 6.29. The van der Waals surface area contributed by atoms with E-state index in [1.807, 2.05) is 42.5 Å². The van der Waals surface area contributed by atoms with Crippen molar-refractivity contribution in [1.29, 1.82) is 0 Å². The van der Waals surface area contributed by atoms with Gasteiger partial charge in [-0.15, -0.1) is 0 Å². The van der Waals surface area contributed by atoms with Crippen molar-refractivity contribution in [3.8, 4) is 5.75 Å². The molecule has 2 heterocycles. The highest BCUT2D eigenvalue weighted by Crippen LogP contribution is 2.35. The van der Waals surface area contributed by atoms with Gasteiger partial charge in [0.1, 0.15) is 18.4 Å². The van der Waals surface area contributed by atoms with E-state index in [-0.39, 0.29) is 17.7 Å². The first kappa shape index (κ1) is 28.6. The molecule has 204 valence electrons. The van der Waals surface area contributed by atoms with E-state index in [2.05, 4.69) is 27.6 Å². The summed E-state index contributed by atoms with van der Waals surface area (Å²) < 4.78 is 14.3. The summed E-state index contributed by atoms with van der Waals surface area (Å²) in [4.78, 5) is 32.2. The van der Waals surface area contributed by atoms with Crippen molar-refractivity contribution >= 4 is 69.2 Å². The number of rotatable bonds is 7. The number of aromatic nitrogens is 1. The Bertz CT molecular complexity index is 1820. The van der Waals surface area contributed by atoms with E-state index < -0.39 is 12.0 Å². The first-order chi connectivity index (χ1) is 19.3. The number of fused-ring (bicyclic) bond motifs is 1. The van der Waals surface area contributed by atoms with E-state index in [1.54, 1.807) is 44.2 Å². The second-order valence-corrected chi connectivity index (χ2v) is 11.9. The minimum absolute atomic E-state index is 0.189. The first-order valence-electron chi connectivity index (χ1n) is 12.4. The average Bonchev–Trinajstić information content (AvgIpc) is 3.22. The summed E-state index contributed by atoms with van der Waals surface area (Å²) in [5, 5.41) is 0.949. The Labute approximate surface area is 258 Å². The molecule has 0 spiro atoms. The van der Waals surface area contributed by atoms with Crippen molar-refractivity contribution in [2.75, 3.05) is 6.61 Å². The minimum Gasteiger partial charge on any atom is -0.487 e. The van der Waals surface area contributed by atoms with Crippen molar-refractivity contribution in [3.05, 3.63) is 128 Å². The van der Waals surface area contributed by atoms with Crippen LogP contribution in [0.4, 0.5) is 0 Å². The lowest BCUT2D eigenvalue weighted by Gasteiger charge is -2.25. The Hall–Kier alpha value is -2.92. The Kier molecular flexibility index (Phi) is 8.80. The summed E-state index contributed by atoms with van der Waals surface area (Å²) >= 11 is 16.4. The molecule has 10 heteroatoms. The van der Waals surface area contributed by atoms with Crippen molar-refractivity contribution in [1.82, 2.24) is 4.57 Å². The molecule has 4 aromatic rings. The first-order valence-corrected chi connectivity index (χ1v) is 15.0. The number of nitrogens with zero attached hydrogens (tertiary/aromatic N) is 2. The molecule has 3 aromatic carbocycles. The second-order valence-electron chi connectivity index (χ2n) is 8.90. The van der Waals surface area contributed by atoms with Gasteiger partial charge in [-0.05, 0) is 71.8 Å². The van der Waals surface area contributed by atoms with Crippen LogP contribution in [0, 0.1) is 3.57 Å². The summed E-state index contributed by atoms with van der Waals surface area (Å²) in [7, 11) is 0. The van der Waals surface area contributed by atoms with Crippen molar-refractivity contribution in [3.63, 3.8) is 0 Å². The van der Waals surface area contributed by atoms with E-state index >= 15 is 0 Å². The lowest BCUT2D eigenvalue weighted by Crippen LogP contribution is -2.40. The summed E-state index contributed by atoms with van der Waals surface area (Å²) in [6.07, 6.45) is 1.76. The van der Waals surface area contributed by atoms with Crippen LogP contribution in [0.5, 0.6) is 5.75 Å². The standard InChI is InChI=1S/C30H23Cl2IN2O4S/c1-3-38-29(37)25-17(2)34-30-35(26(25)21-11-7-8-12-22(21)32)28(36)24(40-30)14-19-13-20(31)15-23(33)27(19)39-16-18-9-5-4-6-10-18/h4-15,26H,3,16H2,1-2H3/b24-14-/t26-/m0/s1. The zero-order valence-corrected chi connectivity index (χ0v) is 26.0. The molecule has 0 radical (unpaired) electrons. The van der Waals surface area contributed by atoms with E-state index in [0.29, 0.717) is 48.6 Å². The van der Waals surface area contributed by atoms with Crippen LogP contribution < -0.4 is 19.6 Å². The van der Waals surface area contributed by atoms with E-state index in [9.17, 15) is 9.59 Å². The van der Waals surface area contributed by atoms with Crippen LogP contribution in [0.25, 0.3) is 6.08 Å². The molecule has 0 fully saturated rings. The largest absolute Gasteiger partial charge is 0.487 e. The fourth-order valence-corrected chi connectivity index (χ4v) is 6.98. The van der Waals surface area contributed by atoms with Gasteiger partial charge in [0.15, 0.2) is 4.80 Å². The maximum atomic E-state index is 14.0. The molecule has 0 N–H and O–H groups in total. The second kappa shape index (κ2) is 12.3. The highest BCUT2D eigenvalue weighted by Gasteiger charge is 2.34. The zero-order chi connectivity index (χ0) is 28.4. The van der Waals surface area contributed by atoms with Crippen LogP contribution in [0.2, 0.25) is 10.0 Å². The number of halogens is 3. The van der Waals surface area contributed by atoms with Crippen LogP contribution in [0.1, 0.15) is 36.6 Å². The van der Waals surface area contributed by atoms with Gasteiger partial charge in [-0.2, -0.15) is 0 Å². The lowest BCUT2D eigenvalue weighted by molar-refractivity contribution is -0.139. The van der Waals surface area contributed by atoms with Crippen LogP contribution in [-0.2, 0) is 16.1 Å². The van der Waals surface area contributed by atoms with Gasteiger partial charge in [0.25, 0.3) is 5.56 Å². The molecule has 1 atom stereocenters. The summed E-state index contributed by atoms with van der Waals surface area (Å²) in [5.74, 6) is 0.0784. The predicted molar refractivity (Wildman–Crippen MR) is 167 cm³/mol. The molecule has 0 unspecified atom stereocenters. The Morgan fingerprint density at radius 2 is 1.85 bits per heavy atom. The number of ether oxygens (including phenoxy) is 2. The normalized spacial score (nSPS) is 15.0. The van der Waals surface area contributed by atoms with Crippen molar-refractivity contribution in [2.24, 2.45) is 4.99 Å². The molecular formula is C30H23Cl2IN2O4S. The quantitative estimate of drug-likeness (QED) is 0.168. The maximum absolute atomic E-state index is 14.0. The van der Waals surface area contributed by atoms with Gasteiger partial charge in [0.05, 0.1) is 26.0 Å². The number of hydrogen-bond donors (Lipinski definition) is 0. The minimum atomic E-state index is -0.792. The van der Waals surface area contributed by atoms with Crippen LogP contribution >= 0.6 is 57.1 Å². The lowest BCUT2D eigenvalue weighted by atomic mass is 9.96. The fraction of sp³-hybridized carbons (Fsp3) is 0.167. The molecule has 0 saturated heterocycles. The van der Waals surface area contributed by atoms with Crippen LogP contribution in [0.15, 0.2) is 87.8 Å². The number of allylic oxidation sites excluding steroid dienone is 1. The molecule has 0 amide bonds. The Morgan fingerprint density at radius 1 is 1.12 bits per heavy atom. The van der Waals surface area contributed by atoms with Crippen molar-refractivity contribution in [2.45, 2.75) is 26.5 Å². The molecule has 6 nitrogen and oxygen atoms in total. The number of carbonyl (C=O) groups excluding carboxylic acids is 1. The molecule has 1 aliphatic rings. The Morgan fingerprint density at radius 3 is 2.58 bits per heavy atom. The number of hydrogen-bond acceptors (Lipinski definition) is 6. The third kappa shape index (κ3) is 5.76. The van der Waals surface area contributed by atoms with Gasteiger partial charge >= 0.3 is 5.97 Å². The number of thiazole rings is 1. The van der Waals surface area contributed by atoms with Crippen LogP contribution in [-0.4, -0.2) is 17.1 Å². The van der Waals surface area contributed by atoms with Crippen LogP contribution in [0.3, 0.4) is 0 Å². The average molecular weight is 705 g/mol. The monoisotopic (exact) mass is 704 g/mol. The van der Waals surface area contributed by atoms with E-state index in [4.69, 9.17) is 32.7 Å². The van der Waals surface area contributed by atoms with Gasteiger partial charge < -0.3 is 9.47 Å². The number of esters is 1. The number of carbonyl (C=O) groups is 1. The van der Waals surface area contributed by atoms with E-state index in [0.717, 1.165) is 9.13 Å². The zero-order valence-electron chi connectivity index (χ0n) is 21.5. The molecule has 40 heavy (non-hydrogen) atoms. The topological polar surface area (TPSA) is 69.9 Å². The maximum Gasteiger partial charge on any atom is 0.338 e. The third-order valence-corrected chi connectivity index (χ3v) is 8.61. The smallest absolute Gasteiger partial charge is 0.338 e. The third-order valence-electron chi connectivity index (χ3n) is 6.27. The van der Waals surface area contributed by atoms with Gasteiger partial charge in [0.2, 0.25) is 0 Å². The van der Waals surface area contributed by atoms with Gasteiger partial charge in [0, 0.05) is 15.6 Å². The molecule has 5 rings (SSSR count). The van der Waals surface area contributed by atoms with Crippen molar-refractivity contribution < 1.29 is 14.3 Å². The van der Waals surface area contributed by atoms with Gasteiger partial charge in [-0.25, -0.2) is 9.79 Å². The number of benzene rings is 3. The molecule has 0 bridgehead atoms. The van der Waals surface area contributed by atoms with Gasteiger partial charge in [-0.3, -0.25) is 9.36 Å². The van der Waals surface area contributed by atoms with E-state index in [1.165, 1.54) is 15.9 Å². The fourth-order valence-electron chi connectivity index (χ4n) is 4.49. The molecular weight excluding hydrogens is 682 g/mol. The highest BCUT2D eigenvalue weighted by atomic mass is 127. The molecule has 0 saturated carbocycles. The molecule has 1 aliphatic heterocycles. The Balaban J connectivity index is 1.67. The summed E-state index contributed by atoms with van der Waals surface area (Å²) in [6, 6.07) is 19.8.